The number of aromatic amines is 1. The Balaban J connectivity index is 1.76. The third kappa shape index (κ3) is 4.69. The molecule has 1 aromatic carbocycles. The first-order valence-electron chi connectivity index (χ1n) is 8.62. The number of aryl methyl sites for hydroxylation is 1. The number of anilines is 4. The van der Waals surface area contributed by atoms with E-state index in [1.54, 1.807) is 13.0 Å². The molecule has 2 heterocycles. The van der Waals surface area contributed by atoms with Crippen molar-refractivity contribution in [1.29, 1.82) is 0 Å². The summed E-state index contributed by atoms with van der Waals surface area (Å²) in [6.07, 6.45) is 1.90. The summed E-state index contributed by atoms with van der Waals surface area (Å²) < 4.78 is 27.0. The molecule has 7 nitrogen and oxygen atoms in total. The number of aromatic nitrogens is 4. The first-order chi connectivity index (χ1) is 12.9. The van der Waals surface area contributed by atoms with Crippen LogP contribution in [0.2, 0.25) is 0 Å². The standard InChI is InChI=1S/C18H21F2N7/c1-3-4-12-8-17(27-26-12)23-16-9-15(24-18(21)25-16)22-10(2)13-6-5-11(19)7-14(13)20/h5-10H,3-4H2,1-2H3,(H5,21,22,23,24,25,26,27). The Morgan fingerprint density at radius 3 is 2.63 bits per heavy atom. The average Bonchev–Trinajstić information content (AvgIpc) is 3.01. The first kappa shape index (κ1) is 18.6. The molecule has 0 aliphatic carbocycles. The fraction of sp³-hybridized carbons (Fsp3) is 0.278. The molecule has 9 heteroatoms. The number of nitrogens with zero attached hydrogens (tertiary/aromatic N) is 3. The predicted octanol–water partition coefficient (Wildman–Crippen LogP) is 3.93. The number of hydrogen-bond donors (Lipinski definition) is 4. The van der Waals surface area contributed by atoms with E-state index in [1.165, 1.54) is 12.1 Å². The summed E-state index contributed by atoms with van der Waals surface area (Å²) in [7, 11) is 0. The van der Waals surface area contributed by atoms with E-state index in [0.717, 1.165) is 24.6 Å². The Labute approximate surface area is 155 Å². The third-order valence-electron chi connectivity index (χ3n) is 3.94. The molecule has 27 heavy (non-hydrogen) atoms. The molecular weight excluding hydrogens is 352 g/mol. The molecule has 0 saturated heterocycles. The number of nitrogens with one attached hydrogen (secondary N) is 3. The smallest absolute Gasteiger partial charge is 0.223 e. The van der Waals surface area contributed by atoms with Gasteiger partial charge in [0.05, 0.1) is 6.04 Å². The number of halogens is 2. The monoisotopic (exact) mass is 373 g/mol. The minimum Gasteiger partial charge on any atom is -0.368 e. The molecule has 0 radical (unpaired) electrons. The van der Waals surface area contributed by atoms with Crippen LogP contribution in [0.4, 0.5) is 32.2 Å². The lowest BCUT2D eigenvalue weighted by Gasteiger charge is -2.16. The molecule has 0 saturated carbocycles. The SMILES string of the molecule is CCCc1cc(Nc2cc(NC(C)c3ccc(F)cc3F)nc(N)n2)n[nH]1. The van der Waals surface area contributed by atoms with E-state index < -0.39 is 17.7 Å². The van der Waals surface area contributed by atoms with Crippen molar-refractivity contribution in [2.24, 2.45) is 0 Å². The van der Waals surface area contributed by atoms with Crippen LogP contribution in [0.3, 0.4) is 0 Å². The van der Waals surface area contributed by atoms with Crippen molar-refractivity contribution in [3.05, 3.63) is 53.2 Å². The summed E-state index contributed by atoms with van der Waals surface area (Å²) in [5.74, 6) is 0.272. The highest BCUT2D eigenvalue weighted by Gasteiger charge is 2.13. The van der Waals surface area contributed by atoms with Crippen LogP contribution < -0.4 is 16.4 Å². The van der Waals surface area contributed by atoms with Gasteiger partial charge in [-0.25, -0.2) is 8.78 Å². The van der Waals surface area contributed by atoms with Crippen molar-refractivity contribution in [3.8, 4) is 0 Å². The van der Waals surface area contributed by atoms with Crippen LogP contribution in [-0.4, -0.2) is 20.2 Å². The van der Waals surface area contributed by atoms with Gasteiger partial charge in [0.2, 0.25) is 5.95 Å². The van der Waals surface area contributed by atoms with Crippen LogP contribution in [0, 0.1) is 11.6 Å². The molecular formula is C18H21F2N7. The van der Waals surface area contributed by atoms with E-state index in [-0.39, 0.29) is 5.95 Å². The van der Waals surface area contributed by atoms with E-state index in [4.69, 9.17) is 5.73 Å². The normalized spacial score (nSPS) is 12.0. The summed E-state index contributed by atoms with van der Waals surface area (Å²) in [4.78, 5) is 8.25. The van der Waals surface area contributed by atoms with Crippen molar-refractivity contribution in [3.63, 3.8) is 0 Å². The minimum absolute atomic E-state index is 0.0543. The van der Waals surface area contributed by atoms with Gasteiger partial charge in [0.1, 0.15) is 23.3 Å². The van der Waals surface area contributed by atoms with Gasteiger partial charge in [-0.3, -0.25) is 5.10 Å². The lowest BCUT2D eigenvalue weighted by atomic mass is 10.1. The van der Waals surface area contributed by atoms with Gasteiger partial charge in [-0.05, 0) is 19.4 Å². The maximum absolute atomic E-state index is 14.0. The number of rotatable bonds is 7. The third-order valence-corrected chi connectivity index (χ3v) is 3.94. The Morgan fingerprint density at radius 2 is 1.89 bits per heavy atom. The quantitative estimate of drug-likeness (QED) is 0.500. The Morgan fingerprint density at radius 1 is 1.11 bits per heavy atom. The van der Waals surface area contributed by atoms with Gasteiger partial charge < -0.3 is 16.4 Å². The zero-order chi connectivity index (χ0) is 19.4. The Hall–Kier alpha value is -3.23. The topological polar surface area (TPSA) is 105 Å². The number of hydrogen-bond acceptors (Lipinski definition) is 6. The van der Waals surface area contributed by atoms with E-state index in [2.05, 4.69) is 37.7 Å². The molecule has 0 aliphatic heterocycles. The van der Waals surface area contributed by atoms with Gasteiger partial charge >= 0.3 is 0 Å². The average molecular weight is 373 g/mol. The highest BCUT2D eigenvalue weighted by molar-refractivity contribution is 5.58. The summed E-state index contributed by atoms with van der Waals surface area (Å²) in [6, 6.07) is 6.54. The molecule has 0 spiro atoms. The zero-order valence-electron chi connectivity index (χ0n) is 15.1. The molecule has 2 aromatic heterocycles. The van der Waals surface area contributed by atoms with Crippen LogP contribution in [0.5, 0.6) is 0 Å². The summed E-state index contributed by atoms with van der Waals surface area (Å²) in [5.41, 5.74) is 7.11. The zero-order valence-corrected chi connectivity index (χ0v) is 15.1. The van der Waals surface area contributed by atoms with Crippen LogP contribution in [0.25, 0.3) is 0 Å². The minimum atomic E-state index is -0.629. The highest BCUT2D eigenvalue weighted by Crippen LogP contribution is 2.24. The van der Waals surface area contributed by atoms with Gasteiger partial charge in [0.25, 0.3) is 0 Å². The molecule has 0 amide bonds. The van der Waals surface area contributed by atoms with E-state index in [0.29, 0.717) is 23.0 Å². The first-order valence-corrected chi connectivity index (χ1v) is 8.62. The maximum Gasteiger partial charge on any atom is 0.223 e. The van der Waals surface area contributed by atoms with Crippen molar-refractivity contribution >= 4 is 23.4 Å². The van der Waals surface area contributed by atoms with Gasteiger partial charge in [0.15, 0.2) is 5.82 Å². The molecule has 3 rings (SSSR count). The molecule has 142 valence electrons. The molecule has 1 unspecified atom stereocenters. The number of H-pyrrole nitrogens is 1. The second-order valence-electron chi connectivity index (χ2n) is 6.18. The fourth-order valence-electron chi connectivity index (χ4n) is 2.71. The highest BCUT2D eigenvalue weighted by atomic mass is 19.1. The second kappa shape index (κ2) is 7.98. The molecule has 0 aliphatic rings. The largest absolute Gasteiger partial charge is 0.368 e. The summed E-state index contributed by atoms with van der Waals surface area (Å²) >= 11 is 0. The van der Waals surface area contributed by atoms with Gasteiger partial charge in [-0.15, -0.1) is 0 Å². The Bertz CT molecular complexity index is 926. The van der Waals surface area contributed by atoms with Crippen molar-refractivity contribution in [2.75, 3.05) is 16.4 Å². The van der Waals surface area contributed by atoms with Gasteiger partial charge in [0, 0.05) is 29.5 Å². The van der Waals surface area contributed by atoms with Crippen molar-refractivity contribution in [1.82, 2.24) is 20.2 Å². The molecule has 5 N–H and O–H groups in total. The lowest BCUT2D eigenvalue weighted by Crippen LogP contribution is -2.12. The predicted molar refractivity (Wildman–Crippen MR) is 101 cm³/mol. The van der Waals surface area contributed by atoms with Gasteiger partial charge in [-0.2, -0.15) is 15.1 Å². The molecule has 0 fully saturated rings. The fourth-order valence-corrected chi connectivity index (χ4v) is 2.71. The van der Waals surface area contributed by atoms with Crippen LogP contribution >= 0.6 is 0 Å². The number of nitrogens with two attached hydrogens (primary N) is 1. The summed E-state index contributed by atoms with van der Waals surface area (Å²) in [6.45, 7) is 3.83. The Kier molecular flexibility index (Phi) is 5.49. The number of nitrogen functional groups attached to an aromatic ring is 1. The van der Waals surface area contributed by atoms with Crippen molar-refractivity contribution < 1.29 is 8.78 Å². The molecule has 0 bridgehead atoms. The van der Waals surface area contributed by atoms with E-state index in [9.17, 15) is 8.78 Å². The van der Waals surface area contributed by atoms with Crippen LogP contribution in [-0.2, 0) is 6.42 Å². The number of benzene rings is 1. The van der Waals surface area contributed by atoms with E-state index >= 15 is 0 Å². The van der Waals surface area contributed by atoms with E-state index in [1.807, 2.05) is 6.07 Å². The maximum atomic E-state index is 14.0. The van der Waals surface area contributed by atoms with Crippen LogP contribution in [0.15, 0.2) is 30.3 Å². The van der Waals surface area contributed by atoms with Crippen molar-refractivity contribution in [2.45, 2.75) is 32.7 Å². The molecule has 3 aromatic rings. The molecule has 1 atom stereocenters. The van der Waals surface area contributed by atoms with Crippen LogP contribution in [0.1, 0.15) is 37.6 Å². The second-order valence-corrected chi connectivity index (χ2v) is 6.18. The lowest BCUT2D eigenvalue weighted by molar-refractivity contribution is 0.566. The van der Waals surface area contributed by atoms with Gasteiger partial charge in [-0.1, -0.05) is 19.4 Å². The summed E-state index contributed by atoms with van der Waals surface area (Å²) in [5, 5.41) is 13.2.